The molecule has 18 heavy (non-hydrogen) atoms. The molecule has 4 heteroatoms. The Morgan fingerprint density at radius 1 is 1.39 bits per heavy atom. The van der Waals surface area contributed by atoms with Gasteiger partial charge in [0.25, 0.3) is 5.91 Å². The topological polar surface area (TPSA) is 38.8 Å². The van der Waals surface area contributed by atoms with Crippen LogP contribution in [0.25, 0.3) is 0 Å². The van der Waals surface area contributed by atoms with E-state index in [4.69, 9.17) is 9.47 Å². The standard InChI is InChI=1S/C14H19NO3/c1-11-8-15(9-12-6-4-3-5-7-12)14(16)13(18-11)10-17-2/h3-7,11,13H,8-10H2,1-2H3. The van der Waals surface area contributed by atoms with Crippen molar-refractivity contribution >= 4 is 5.91 Å². The largest absolute Gasteiger partial charge is 0.381 e. The Bertz CT molecular complexity index is 393. The average molecular weight is 249 g/mol. The van der Waals surface area contributed by atoms with Crippen LogP contribution in [0.2, 0.25) is 0 Å². The molecule has 98 valence electrons. The zero-order chi connectivity index (χ0) is 13.0. The lowest BCUT2D eigenvalue weighted by Crippen LogP contribution is -2.52. The van der Waals surface area contributed by atoms with Crippen molar-refractivity contribution in [3.05, 3.63) is 35.9 Å². The van der Waals surface area contributed by atoms with E-state index in [0.717, 1.165) is 5.56 Å². The van der Waals surface area contributed by atoms with Crippen LogP contribution in [-0.4, -0.2) is 43.3 Å². The Balaban J connectivity index is 2.04. The van der Waals surface area contributed by atoms with Crippen LogP contribution >= 0.6 is 0 Å². The van der Waals surface area contributed by atoms with Gasteiger partial charge < -0.3 is 14.4 Å². The van der Waals surface area contributed by atoms with Crippen molar-refractivity contribution in [3.8, 4) is 0 Å². The quantitative estimate of drug-likeness (QED) is 0.810. The van der Waals surface area contributed by atoms with Crippen molar-refractivity contribution in [2.45, 2.75) is 25.7 Å². The predicted molar refractivity (Wildman–Crippen MR) is 68.1 cm³/mol. The van der Waals surface area contributed by atoms with Crippen LogP contribution in [0.1, 0.15) is 12.5 Å². The number of amides is 1. The number of carbonyl (C=O) groups excluding carboxylic acids is 1. The second-order valence-corrected chi connectivity index (χ2v) is 4.60. The van der Waals surface area contributed by atoms with Gasteiger partial charge in [0.1, 0.15) is 0 Å². The molecule has 1 heterocycles. The molecule has 2 unspecified atom stereocenters. The molecule has 1 aromatic rings. The maximum Gasteiger partial charge on any atom is 0.254 e. The van der Waals surface area contributed by atoms with Crippen LogP contribution in [0.15, 0.2) is 30.3 Å². The molecule has 0 radical (unpaired) electrons. The van der Waals surface area contributed by atoms with E-state index in [9.17, 15) is 4.79 Å². The molecule has 1 saturated heterocycles. The molecular formula is C14H19NO3. The minimum Gasteiger partial charge on any atom is -0.381 e. The highest BCUT2D eigenvalue weighted by atomic mass is 16.5. The smallest absolute Gasteiger partial charge is 0.254 e. The Morgan fingerprint density at radius 3 is 2.78 bits per heavy atom. The molecule has 1 aliphatic heterocycles. The molecule has 0 aromatic heterocycles. The van der Waals surface area contributed by atoms with E-state index in [-0.39, 0.29) is 12.0 Å². The van der Waals surface area contributed by atoms with E-state index in [1.165, 1.54) is 0 Å². The molecule has 0 N–H and O–H groups in total. The fourth-order valence-corrected chi connectivity index (χ4v) is 2.19. The normalized spacial score (nSPS) is 24.3. The third-order valence-electron chi connectivity index (χ3n) is 3.00. The molecule has 1 aromatic carbocycles. The van der Waals surface area contributed by atoms with E-state index in [0.29, 0.717) is 19.7 Å². The van der Waals surface area contributed by atoms with Gasteiger partial charge in [-0.25, -0.2) is 0 Å². The molecule has 0 bridgehead atoms. The summed E-state index contributed by atoms with van der Waals surface area (Å²) in [6.07, 6.45) is -0.422. The third kappa shape index (κ3) is 3.09. The minimum atomic E-state index is -0.470. The van der Waals surface area contributed by atoms with Crippen LogP contribution in [0.4, 0.5) is 0 Å². The summed E-state index contributed by atoms with van der Waals surface area (Å²) >= 11 is 0. The van der Waals surface area contributed by atoms with Crippen molar-refractivity contribution in [1.29, 1.82) is 0 Å². The number of carbonyl (C=O) groups is 1. The maximum absolute atomic E-state index is 12.2. The Morgan fingerprint density at radius 2 is 2.11 bits per heavy atom. The van der Waals surface area contributed by atoms with Gasteiger partial charge in [0, 0.05) is 20.2 Å². The lowest BCUT2D eigenvalue weighted by atomic mass is 10.1. The Labute approximate surface area is 107 Å². The summed E-state index contributed by atoms with van der Waals surface area (Å²) in [7, 11) is 1.58. The molecule has 0 aliphatic carbocycles. The lowest BCUT2D eigenvalue weighted by Gasteiger charge is -2.36. The zero-order valence-electron chi connectivity index (χ0n) is 10.8. The van der Waals surface area contributed by atoms with Crippen LogP contribution in [-0.2, 0) is 20.8 Å². The monoisotopic (exact) mass is 249 g/mol. The summed E-state index contributed by atoms with van der Waals surface area (Å²) in [6.45, 7) is 3.56. The van der Waals surface area contributed by atoms with Crippen molar-refractivity contribution in [2.75, 3.05) is 20.3 Å². The molecule has 1 aliphatic rings. The van der Waals surface area contributed by atoms with Gasteiger partial charge >= 0.3 is 0 Å². The summed E-state index contributed by atoms with van der Waals surface area (Å²) in [5.41, 5.74) is 1.14. The summed E-state index contributed by atoms with van der Waals surface area (Å²) in [6, 6.07) is 9.99. The van der Waals surface area contributed by atoms with Crippen molar-refractivity contribution in [3.63, 3.8) is 0 Å². The fraction of sp³-hybridized carbons (Fsp3) is 0.500. The molecule has 0 saturated carbocycles. The fourth-order valence-electron chi connectivity index (χ4n) is 2.19. The molecule has 4 nitrogen and oxygen atoms in total. The van der Waals surface area contributed by atoms with Crippen LogP contribution in [0.5, 0.6) is 0 Å². The second-order valence-electron chi connectivity index (χ2n) is 4.60. The number of ether oxygens (including phenoxy) is 2. The highest BCUT2D eigenvalue weighted by Gasteiger charge is 2.32. The summed E-state index contributed by atoms with van der Waals surface area (Å²) in [4.78, 5) is 14.0. The first-order valence-electron chi connectivity index (χ1n) is 6.18. The van der Waals surface area contributed by atoms with Crippen LogP contribution in [0, 0.1) is 0 Å². The van der Waals surface area contributed by atoms with Gasteiger partial charge in [-0.05, 0) is 12.5 Å². The predicted octanol–water partition coefficient (Wildman–Crippen LogP) is 1.45. The number of morpholine rings is 1. The van der Waals surface area contributed by atoms with Gasteiger partial charge in [0.05, 0.1) is 12.7 Å². The lowest BCUT2D eigenvalue weighted by molar-refractivity contribution is -0.166. The van der Waals surface area contributed by atoms with Gasteiger partial charge in [0.15, 0.2) is 6.10 Å². The number of rotatable bonds is 4. The molecule has 2 rings (SSSR count). The number of benzene rings is 1. The molecule has 1 amide bonds. The maximum atomic E-state index is 12.2. The van der Waals surface area contributed by atoms with E-state index < -0.39 is 6.10 Å². The van der Waals surface area contributed by atoms with Gasteiger partial charge in [-0.15, -0.1) is 0 Å². The number of nitrogens with zero attached hydrogens (tertiary/aromatic N) is 1. The van der Waals surface area contributed by atoms with Gasteiger partial charge in [-0.3, -0.25) is 4.79 Å². The van der Waals surface area contributed by atoms with Crippen molar-refractivity contribution < 1.29 is 14.3 Å². The summed E-state index contributed by atoms with van der Waals surface area (Å²) in [5.74, 6) is 0.0128. The first-order chi connectivity index (χ1) is 8.70. The highest BCUT2D eigenvalue weighted by molar-refractivity contribution is 5.81. The van der Waals surface area contributed by atoms with Gasteiger partial charge in [0.2, 0.25) is 0 Å². The Hall–Kier alpha value is -1.39. The van der Waals surface area contributed by atoms with Gasteiger partial charge in [-0.1, -0.05) is 30.3 Å². The second kappa shape index (κ2) is 5.98. The summed E-state index contributed by atoms with van der Waals surface area (Å²) in [5, 5.41) is 0. The van der Waals surface area contributed by atoms with E-state index in [1.54, 1.807) is 7.11 Å². The number of hydrogen-bond donors (Lipinski definition) is 0. The van der Waals surface area contributed by atoms with E-state index in [2.05, 4.69) is 0 Å². The molecule has 0 spiro atoms. The Kier molecular flexibility index (Phi) is 4.33. The highest BCUT2D eigenvalue weighted by Crippen LogP contribution is 2.16. The van der Waals surface area contributed by atoms with E-state index in [1.807, 2.05) is 42.2 Å². The average Bonchev–Trinajstić information content (AvgIpc) is 2.36. The molecule has 2 atom stereocenters. The summed E-state index contributed by atoms with van der Waals surface area (Å²) < 4.78 is 10.6. The zero-order valence-corrected chi connectivity index (χ0v) is 10.8. The third-order valence-corrected chi connectivity index (χ3v) is 3.00. The van der Waals surface area contributed by atoms with Crippen LogP contribution < -0.4 is 0 Å². The van der Waals surface area contributed by atoms with Crippen molar-refractivity contribution in [1.82, 2.24) is 4.90 Å². The van der Waals surface area contributed by atoms with Crippen molar-refractivity contribution in [2.24, 2.45) is 0 Å². The first kappa shape index (κ1) is 13.1. The minimum absolute atomic E-state index is 0.0128. The molecular weight excluding hydrogens is 230 g/mol. The van der Waals surface area contributed by atoms with Crippen LogP contribution in [0.3, 0.4) is 0 Å². The van der Waals surface area contributed by atoms with E-state index >= 15 is 0 Å². The first-order valence-corrected chi connectivity index (χ1v) is 6.18. The molecule has 1 fully saturated rings. The number of methoxy groups -OCH3 is 1. The number of hydrogen-bond acceptors (Lipinski definition) is 3. The van der Waals surface area contributed by atoms with Gasteiger partial charge in [-0.2, -0.15) is 0 Å². The SMILES string of the molecule is COCC1OC(C)CN(Cc2ccccc2)C1=O.